The van der Waals surface area contributed by atoms with Gasteiger partial charge in [0.25, 0.3) is 0 Å². The number of unbranched alkanes of at least 4 members (excludes halogenated alkanes) is 14. The summed E-state index contributed by atoms with van der Waals surface area (Å²) >= 11 is 0. The Hall–Kier alpha value is -1.06. The molecular formula is C21H40O4. The van der Waals surface area contributed by atoms with Crippen LogP contribution < -0.4 is 0 Å². The molecule has 0 fully saturated rings. The van der Waals surface area contributed by atoms with Crippen LogP contribution in [-0.2, 0) is 14.3 Å². The minimum absolute atomic E-state index is 0.424. The molecule has 0 aromatic rings. The second-order valence-electron chi connectivity index (χ2n) is 7.17. The topological polar surface area (TPSA) is 63.6 Å². The number of aliphatic carboxylic acids is 1. The second kappa shape index (κ2) is 17.8. The van der Waals surface area contributed by atoms with E-state index in [4.69, 9.17) is 9.84 Å². The maximum absolute atomic E-state index is 10.9. The van der Waals surface area contributed by atoms with Gasteiger partial charge < -0.3 is 9.84 Å². The molecule has 25 heavy (non-hydrogen) atoms. The Morgan fingerprint density at radius 1 is 0.720 bits per heavy atom. The van der Waals surface area contributed by atoms with E-state index in [1.165, 1.54) is 84.0 Å². The smallest absolute Gasteiger partial charge is 0.345 e. The zero-order chi connectivity index (χ0) is 18.8. The highest BCUT2D eigenvalue weighted by molar-refractivity contribution is 5.76. The Kier molecular flexibility index (Phi) is 17.0. The van der Waals surface area contributed by atoms with Crippen LogP contribution in [0, 0.1) is 0 Å². The van der Waals surface area contributed by atoms with E-state index in [1.807, 2.05) is 0 Å². The van der Waals surface area contributed by atoms with Crippen LogP contribution in [0.4, 0.5) is 0 Å². The fraction of sp³-hybridized carbons (Fsp3) is 0.905. The molecule has 0 rings (SSSR count). The van der Waals surface area contributed by atoms with Crippen molar-refractivity contribution in [3.63, 3.8) is 0 Å². The average molecular weight is 357 g/mol. The highest BCUT2D eigenvalue weighted by atomic mass is 16.6. The third kappa shape index (κ3) is 17.6. The minimum Gasteiger partial charge on any atom is -0.479 e. The van der Waals surface area contributed by atoms with Crippen LogP contribution in [0.1, 0.15) is 117 Å². The summed E-state index contributed by atoms with van der Waals surface area (Å²) in [6, 6.07) is 0. The van der Waals surface area contributed by atoms with E-state index in [2.05, 4.69) is 6.92 Å². The summed E-state index contributed by atoms with van der Waals surface area (Å²) in [5, 5.41) is 8.96. The first-order chi connectivity index (χ1) is 12.1. The highest BCUT2D eigenvalue weighted by Gasteiger charge is 2.19. The molecule has 0 aromatic heterocycles. The van der Waals surface area contributed by atoms with Crippen LogP contribution in [0.2, 0.25) is 0 Å². The third-order valence-corrected chi connectivity index (χ3v) is 4.65. The van der Waals surface area contributed by atoms with Crippen molar-refractivity contribution in [2.75, 3.05) is 0 Å². The van der Waals surface area contributed by atoms with Crippen LogP contribution in [-0.4, -0.2) is 23.1 Å². The lowest BCUT2D eigenvalue weighted by atomic mass is 10.0. The van der Waals surface area contributed by atoms with Crippen molar-refractivity contribution in [1.82, 2.24) is 0 Å². The molecule has 4 nitrogen and oxygen atoms in total. The molecule has 148 valence electrons. The van der Waals surface area contributed by atoms with Crippen LogP contribution in [0.3, 0.4) is 0 Å². The molecule has 1 unspecified atom stereocenters. The number of hydrogen-bond donors (Lipinski definition) is 1. The lowest BCUT2D eigenvalue weighted by molar-refractivity contribution is -0.163. The van der Waals surface area contributed by atoms with E-state index < -0.39 is 18.0 Å². The molecule has 0 heterocycles. The van der Waals surface area contributed by atoms with Gasteiger partial charge >= 0.3 is 11.9 Å². The molecule has 0 aliphatic carbocycles. The van der Waals surface area contributed by atoms with Gasteiger partial charge in [0.2, 0.25) is 0 Å². The number of esters is 1. The van der Waals surface area contributed by atoms with E-state index in [9.17, 15) is 9.59 Å². The third-order valence-electron chi connectivity index (χ3n) is 4.65. The average Bonchev–Trinajstić information content (AvgIpc) is 2.56. The quantitative estimate of drug-likeness (QED) is 0.232. The number of carboxylic acids is 1. The maximum atomic E-state index is 10.9. The van der Waals surface area contributed by atoms with Crippen molar-refractivity contribution < 1.29 is 19.4 Å². The number of carbonyl (C=O) groups excluding carboxylic acids is 1. The second-order valence-corrected chi connectivity index (χ2v) is 7.17. The SMILES string of the molecule is CCCCCCCCCCCCCCCCCC(OC(C)=O)C(=O)O. The van der Waals surface area contributed by atoms with E-state index in [1.54, 1.807) is 0 Å². The first-order valence-corrected chi connectivity index (χ1v) is 10.5. The van der Waals surface area contributed by atoms with Crippen molar-refractivity contribution in [3.8, 4) is 0 Å². The molecule has 0 radical (unpaired) electrons. The predicted octanol–water partition coefficient (Wildman–Crippen LogP) is 6.26. The van der Waals surface area contributed by atoms with Gasteiger partial charge in [-0.3, -0.25) is 4.79 Å². The zero-order valence-electron chi connectivity index (χ0n) is 16.6. The van der Waals surface area contributed by atoms with Gasteiger partial charge in [-0.15, -0.1) is 0 Å². The predicted molar refractivity (Wildman–Crippen MR) is 103 cm³/mol. The van der Waals surface area contributed by atoms with Crippen LogP contribution in [0.25, 0.3) is 0 Å². The van der Waals surface area contributed by atoms with Gasteiger partial charge in [0.1, 0.15) is 0 Å². The first kappa shape index (κ1) is 23.9. The van der Waals surface area contributed by atoms with Crippen LogP contribution in [0.15, 0.2) is 0 Å². The highest BCUT2D eigenvalue weighted by Crippen LogP contribution is 2.14. The van der Waals surface area contributed by atoms with Gasteiger partial charge in [-0.1, -0.05) is 96.8 Å². The van der Waals surface area contributed by atoms with Gasteiger partial charge in [0, 0.05) is 6.92 Å². The molecule has 4 heteroatoms. The molecule has 1 N–H and O–H groups in total. The maximum Gasteiger partial charge on any atom is 0.345 e. The monoisotopic (exact) mass is 356 g/mol. The largest absolute Gasteiger partial charge is 0.479 e. The molecule has 0 aliphatic rings. The summed E-state index contributed by atoms with van der Waals surface area (Å²) in [5.74, 6) is -1.56. The molecular weight excluding hydrogens is 316 g/mol. The molecule has 0 amide bonds. The standard InChI is InChI=1S/C21H40O4/c1-3-4-5-6-7-8-9-10-11-12-13-14-15-16-17-18-20(21(23)24)25-19(2)22/h20H,3-18H2,1-2H3,(H,23,24). The minimum atomic E-state index is -1.04. The Balaban J connectivity index is 3.28. The number of hydrogen-bond acceptors (Lipinski definition) is 3. The summed E-state index contributed by atoms with van der Waals surface area (Å²) in [5.41, 5.74) is 0. The lowest BCUT2D eigenvalue weighted by Gasteiger charge is -2.11. The van der Waals surface area contributed by atoms with Gasteiger partial charge in [0.15, 0.2) is 6.10 Å². The normalized spacial score (nSPS) is 12.1. The molecule has 0 spiro atoms. The number of carboxylic acid groups (broad SMARTS) is 1. The first-order valence-electron chi connectivity index (χ1n) is 10.5. The number of ether oxygens (including phenoxy) is 1. The number of carbonyl (C=O) groups is 2. The van der Waals surface area contributed by atoms with Crippen molar-refractivity contribution >= 4 is 11.9 Å². The lowest BCUT2D eigenvalue weighted by Crippen LogP contribution is -2.25. The summed E-state index contributed by atoms with van der Waals surface area (Å²) in [6.45, 7) is 3.51. The van der Waals surface area contributed by atoms with Gasteiger partial charge in [-0.25, -0.2) is 4.79 Å². The van der Waals surface area contributed by atoms with Crippen molar-refractivity contribution in [2.45, 2.75) is 123 Å². The van der Waals surface area contributed by atoms with Gasteiger partial charge in [-0.05, 0) is 12.8 Å². The van der Waals surface area contributed by atoms with Gasteiger partial charge in [-0.2, -0.15) is 0 Å². The zero-order valence-corrected chi connectivity index (χ0v) is 16.6. The molecule has 1 atom stereocenters. The Bertz CT molecular complexity index is 328. The Labute approximate surface area is 154 Å². The van der Waals surface area contributed by atoms with Crippen LogP contribution >= 0.6 is 0 Å². The van der Waals surface area contributed by atoms with Crippen molar-refractivity contribution in [3.05, 3.63) is 0 Å². The Morgan fingerprint density at radius 3 is 1.40 bits per heavy atom. The molecule has 0 aromatic carbocycles. The summed E-state index contributed by atoms with van der Waals surface area (Å²) in [4.78, 5) is 21.8. The van der Waals surface area contributed by atoms with Gasteiger partial charge in [0.05, 0.1) is 0 Å². The van der Waals surface area contributed by atoms with E-state index >= 15 is 0 Å². The molecule has 0 saturated heterocycles. The fourth-order valence-electron chi connectivity index (χ4n) is 3.13. The fourth-order valence-corrected chi connectivity index (χ4v) is 3.13. The molecule has 0 aliphatic heterocycles. The summed E-state index contributed by atoms with van der Waals surface area (Å²) < 4.78 is 4.79. The summed E-state index contributed by atoms with van der Waals surface area (Å²) in [6.07, 6.45) is 18.7. The van der Waals surface area contributed by atoms with Crippen molar-refractivity contribution in [1.29, 1.82) is 0 Å². The van der Waals surface area contributed by atoms with E-state index in [0.717, 1.165) is 19.3 Å². The molecule has 0 bridgehead atoms. The van der Waals surface area contributed by atoms with Crippen LogP contribution in [0.5, 0.6) is 0 Å². The molecule has 0 saturated carbocycles. The van der Waals surface area contributed by atoms with Crippen molar-refractivity contribution in [2.24, 2.45) is 0 Å². The van der Waals surface area contributed by atoms with E-state index in [0.29, 0.717) is 6.42 Å². The summed E-state index contributed by atoms with van der Waals surface area (Å²) in [7, 11) is 0. The number of rotatable bonds is 18. The van der Waals surface area contributed by atoms with E-state index in [-0.39, 0.29) is 0 Å². The Morgan fingerprint density at radius 2 is 1.08 bits per heavy atom.